The Balaban J connectivity index is 4.01. The van der Waals surface area contributed by atoms with Crippen molar-refractivity contribution in [2.24, 2.45) is 0 Å². The van der Waals surface area contributed by atoms with Gasteiger partial charge in [0.25, 0.3) is 0 Å². The van der Waals surface area contributed by atoms with Gasteiger partial charge in [0.2, 0.25) is 0 Å². The molecule has 0 saturated carbocycles. The first-order chi connectivity index (χ1) is 22.6. The van der Waals surface area contributed by atoms with Crippen LogP contribution in [0.15, 0.2) is 48.6 Å². The second-order valence-corrected chi connectivity index (χ2v) is 13.4. The van der Waals surface area contributed by atoms with Crippen LogP contribution in [-0.4, -0.2) is 44.4 Å². The van der Waals surface area contributed by atoms with Gasteiger partial charge < -0.3 is 14.4 Å². The normalized spacial score (nSPS) is 12.9. The Labute approximate surface area is 287 Å². The van der Waals surface area contributed by atoms with Crippen molar-refractivity contribution in [3.63, 3.8) is 0 Å². The minimum Gasteiger partial charge on any atom is -0.433 e. The predicted octanol–water partition coefficient (Wildman–Crippen LogP) is 13.5. The average Bonchev–Trinajstić information content (AvgIpc) is 3.04. The van der Waals surface area contributed by atoms with Gasteiger partial charge in [0.05, 0.1) is 0 Å². The summed E-state index contributed by atoms with van der Waals surface area (Å²) in [6.45, 7) is 5.62. The van der Waals surface area contributed by atoms with Gasteiger partial charge in [-0.05, 0) is 104 Å². The van der Waals surface area contributed by atoms with Crippen molar-refractivity contribution in [1.82, 2.24) is 4.90 Å². The van der Waals surface area contributed by atoms with Crippen LogP contribution < -0.4 is 0 Å². The van der Waals surface area contributed by atoms with E-state index < -0.39 is 6.16 Å². The topological polar surface area (TPSA) is 38.8 Å². The number of nitrogens with zero attached hydrogens (tertiary/aromatic N) is 1. The molecule has 0 N–H and O–H groups in total. The third-order valence-electron chi connectivity index (χ3n) is 8.47. The molecule has 0 saturated heterocycles. The van der Waals surface area contributed by atoms with Crippen LogP contribution in [0.4, 0.5) is 4.79 Å². The van der Waals surface area contributed by atoms with E-state index in [0.717, 1.165) is 45.1 Å². The lowest BCUT2D eigenvalue weighted by atomic mass is 10.0. The molecule has 0 bridgehead atoms. The van der Waals surface area contributed by atoms with Crippen molar-refractivity contribution < 1.29 is 14.3 Å². The van der Waals surface area contributed by atoms with Crippen LogP contribution >= 0.6 is 0 Å². The summed E-state index contributed by atoms with van der Waals surface area (Å²) >= 11 is 0. The van der Waals surface area contributed by atoms with E-state index in [0.29, 0.717) is 6.61 Å². The maximum atomic E-state index is 12.3. The van der Waals surface area contributed by atoms with Gasteiger partial charge in [-0.15, -0.1) is 0 Å². The predicted molar refractivity (Wildman–Crippen MR) is 203 cm³/mol. The second kappa shape index (κ2) is 37.6. The highest BCUT2D eigenvalue weighted by Crippen LogP contribution is 2.18. The molecular weight excluding hydrogens is 566 g/mol. The average molecular weight is 644 g/mol. The van der Waals surface area contributed by atoms with E-state index in [1.807, 2.05) is 19.0 Å². The summed E-state index contributed by atoms with van der Waals surface area (Å²) < 4.78 is 11.1. The molecule has 46 heavy (non-hydrogen) atoms. The van der Waals surface area contributed by atoms with Crippen LogP contribution in [0, 0.1) is 0 Å². The molecule has 0 fully saturated rings. The lowest BCUT2D eigenvalue weighted by molar-refractivity contribution is 0.0139. The zero-order valence-corrected chi connectivity index (χ0v) is 31.2. The van der Waals surface area contributed by atoms with Gasteiger partial charge in [-0.2, -0.15) is 0 Å². The van der Waals surface area contributed by atoms with Gasteiger partial charge >= 0.3 is 6.16 Å². The molecule has 0 heterocycles. The maximum Gasteiger partial charge on any atom is 0.508 e. The van der Waals surface area contributed by atoms with Crippen molar-refractivity contribution in [2.75, 3.05) is 27.2 Å². The number of hydrogen-bond donors (Lipinski definition) is 0. The summed E-state index contributed by atoms with van der Waals surface area (Å²) in [5.41, 5.74) is 0. The largest absolute Gasteiger partial charge is 0.508 e. The van der Waals surface area contributed by atoms with E-state index in [2.05, 4.69) is 62.5 Å². The fraction of sp³-hybridized carbons (Fsp3) is 0.786. The molecular formula is C42H77NO3. The zero-order valence-electron chi connectivity index (χ0n) is 31.2. The van der Waals surface area contributed by atoms with Crippen LogP contribution in [-0.2, 0) is 9.47 Å². The van der Waals surface area contributed by atoms with Crippen molar-refractivity contribution in [3.8, 4) is 0 Å². The molecule has 0 rings (SSSR count). The Kier molecular flexibility index (Phi) is 36.2. The van der Waals surface area contributed by atoms with Crippen molar-refractivity contribution in [1.29, 1.82) is 0 Å². The highest BCUT2D eigenvalue weighted by atomic mass is 16.7. The molecule has 0 aliphatic rings. The van der Waals surface area contributed by atoms with Gasteiger partial charge in [0.15, 0.2) is 0 Å². The summed E-state index contributed by atoms with van der Waals surface area (Å²) in [5.74, 6) is 0. The molecule has 0 unspecified atom stereocenters. The van der Waals surface area contributed by atoms with Crippen molar-refractivity contribution >= 4 is 6.16 Å². The molecule has 0 radical (unpaired) electrons. The second-order valence-electron chi connectivity index (χ2n) is 13.4. The Morgan fingerprint density at radius 3 is 1.28 bits per heavy atom. The molecule has 0 amide bonds. The van der Waals surface area contributed by atoms with Crippen LogP contribution in [0.3, 0.4) is 0 Å². The third-order valence-corrected chi connectivity index (χ3v) is 8.47. The monoisotopic (exact) mass is 644 g/mol. The lowest BCUT2D eigenvalue weighted by Crippen LogP contribution is -2.23. The molecule has 0 aliphatic carbocycles. The Bertz CT molecular complexity index is 691. The summed E-state index contributed by atoms with van der Waals surface area (Å²) in [7, 11) is 3.96. The molecule has 0 aromatic carbocycles. The third kappa shape index (κ3) is 36.7. The maximum absolute atomic E-state index is 12.3. The summed E-state index contributed by atoms with van der Waals surface area (Å²) in [6.07, 6.45) is 50.0. The van der Waals surface area contributed by atoms with E-state index in [1.165, 1.54) is 128 Å². The summed E-state index contributed by atoms with van der Waals surface area (Å²) in [4.78, 5) is 14.3. The molecule has 0 aliphatic heterocycles. The number of hydrogen-bond acceptors (Lipinski definition) is 4. The first-order valence-corrected chi connectivity index (χ1v) is 19.7. The van der Waals surface area contributed by atoms with Gasteiger partial charge in [0.1, 0.15) is 12.7 Å². The van der Waals surface area contributed by atoms with E-state index >= 15 is 0 Å². The Hall–Kier alpha value is -1.81. The van der Waals surface area contributed by atoms with Gasteiger partial charge in [-0.3, -0.25) is 0 Å². The SMILES string of the molecule is CCCCCC=CCC=CCCCCCCCCC(CCCCCCCCC=CCC=CCCCCC)OC(=O)OCCN(C)C. The standard InChI is InChI=1S/C42H77NO3/c1-5-7-9-11-13-15-17-19-21-23-25-27-29-31-33-35-37-41(46-42(44)45-40-39-43(3)4)38-36-34-32-30-28-26-24-22-20-18-16-14-12-10-8-6-2/h13-16,19-22,41H,5-12,17-18,23-40H2,1-4H3. The minimum absolute atomic E-state index is 0.0106. The number of rotatable bonds is 34. The fourth-order valence-electron chi connectivity index (χ4n) is 5.46. The van der Waals surface area contributed by atoms with Gasteiger partial charge in [-0.1, -0.05) is 140 Å². The smallest absolute Gasteiger partial charge is 0.433 e. The van der Waals surface area contributed by atoms with Crippen molar-refractivity contribution in [2.45, 2.75) is 187 Å². The number of unbranched alkanes of at least 4 members (excludes halogenated alkanes) is 18. The van der Waals surface area contributed by atoms with E-state index in [4.69, 9.17) is 9.47 Å². The fourth-order valence-corrected chi connectivity index (χ4v) is 5.46. The first-order valence-electron chi connectivity index (χ1n) is 19.7. The number of carbonyl (C=O) groups is 1. The van der Waals surface area contributed by atoms with Gasteiger partial charge in [0, 0.05) is 6.54 Å². The van der Waals surface area contributed by atoms with E-state index in [1.54, 1.807) is 0 Å². The summed E-state index contributed by atoms with van der Waals surface area (Å²) in [5, 5.41) is 0. The quantitative estimate of drug-likeness (QED) is 0.0397. The Morgan fingerprint density at radius 2 is 0.891 bits per heavy atom. The number of carbonyl (C=O) groups excluding carboxylic acids is 1. The summed E-state index contributed by atoms with van der Waals surface area (Å²) in [6, 6.07) is 0. The van der Waals surface area contributed by atoms with Crippen LogP contribution in [0.2, 0.25) is 0 Å². The van der Waals surface area contributed by atoms with Crippen molar-refractivity contribution in [3.05, 3.63) is 48.6 Å². The zero-order chi connectivity index (χ0) is 33.6. The van der Waals surface area contributed by atoms with Crippen LogP contribution in [0.5, 0.6) is 0 Å². The number of allylic oxidation sites excluding steroid dienone is 8. The van der Waals surface area contributed by atoms with Crippen LogP contribution in [0.25, 0.3) is 0 Å². The lowest BCUT2D eigenvalue weighted by Gasteiger charge is -2.18. The molecule has 0 atom stereocenters. The first kappa shape index (κ1) is 44.2. The molecule has 268 valence electrons. The molecule has 0 aromatic heterocycles. The van der Waals surface area contributed by atoms with E-state index in [-0.39, 0.29) is 6.10 Å². The highest BCUT2D eigenvalue weighted by Gasteiger charge is 2.15. The molecule has 0 spiro atoms. The van der Waals surface area contributed by atoms with Gasteiger partial charge in [-0.25, -0.2) is 4.79 Å². The number of ether oxygens (including phenoxy) is 2. The Morgan fingerprint density at radius 1 is 0.522 bits per heavy atom. The molecule has 4 nitrogen and oxygen atoms in total. The minimum atomic E-state index is -0.494. The van der Waals surface area contributed by atoms with E-state index in [9.17, 15) is 4.79 Å². The molecule has 0 aromatic rings. The molecule has 4 heteroatoms. The number of likely N-dealkylation sites (N-methyl/N-ethyl adjacent to an activating group) is 1. The van der Waals surface area contributed by atoms with Crippen LogP contribution in [0.1, 0.15) is 181 Å². The highest BCUT2D eigenvalue weighted by molar-refractivity contribution is 5.60.